The van der Waals surface area contributed by atoms with Gasteiger partial charge in [0.15, 0.2) is 5.60 Å². The van der Waals surface area contributed by atoms with Crippen molar-refractivity contribution < 1.29 is 19.5 Å². The van der Waals surface area contributed by atoms with Gasteiger partial charge in [-0.15, -0.1) is 0 Å². The maximum absolute atomic E-state index is 11.9. The minimum atomic E-state index is -1.62. The summed E-state index contributed by atoms with van der Waals surface area (Å²) in [5.41, 5.74) is 4.13. The number of β-amino-alcohol motifs (C(OH)–C–C–N with tert-alkyl or cyclic N) is 1. The highest BCUT2D eigenvalue weighted by Gasteiger charge is 2.39. The Morgan fingerprint density at radius 1 is 1.26 bits per heavy atom. The van der Waals surface area contributed by atoms with E-state index in [-0.39, 0.29) is 19.5 Å². The lowest BCUT2D eigenvalue weighted by Crippen LogP contribution is -2.57. The van der Waals surface area contributed by atoms with Crippen LogP contribution in [0.5, 0.6) is 0 Å². The predicted octanol–water partition coefficient (Wildman–Crippen LogP) is -0.353. The van der Waals surface area contributed by atoms with Crippen molar-refractivity contribution in [3.63, 3.8) is 0 Å². The second-order valence-electron chi connectivity index (χ2n) is 5.58. The number of anilines is 1. The van der Waals surface area contributed by atoms with Gasteiger partial charge in [0.05, 0.1) is 6.54 Å². The first-order chi connectivity index (χ1) is 10.9. The van der Waals surface area contributed by atoms with Crippen molar-refractivity contribution in [1.29, 1.82) is 0 Å². The van der Waals surface area contributed by atoms with E-state index in [9.17, 15) is 19.5 Å². The van der Waals surface area contributed by atoms with Crippen molar-refractivity contribution in [2.24, 2.45) is 5.73 Å². The molecule has 0 saturated carbocycles. The minimum absolute atomic E-state index is 0.0178. The highest BCUT2D eigenvalue weighted by molar-refractivity contribution is 6.01. The third-order valence-corrected chi connectivity index (χ3v) is 3.66. The number of carbonyl (C=O) groups is 3. The van der Waals surface area contributed by atoms with Crippen LogP contribution in [0, 0.1) is 0 Å². The summed E-state index contributed by atoms with van der Waals surface area (Å²) in [5, 5.41) is 14.8. The number of imide groups is 1. The molecule has 1 unspecified atom stereocenters. The SMILES string of the molecule is NC(=O)C1(O)CCCN(CC(=O)NC(=O)Nc2ccccc2)C1. The summed E-state index contributed by atoms with van der Waals surface area (Å²) in [6.45, 7) is 0.428. The standard InChI is InChI=1S/C15H20N4O4/c16-13(21)15(23)7-4-8-19(10-15)9-12(20)18-14(22)17-11-5-2-1-3-6-11/h1-3,5-6,23H,4,7-10H2,(H2,16,21)(H2,17,18,20,22). The minimum Gasteiger partial charge on any atom is -0.379 e. The number of nitrogens with zero attached hydrogens (tertiary/aromatic N) is 1. The number of likely N-dealkylation sites (tertiary alicyclic amines) is 1. The molecule has 0 spiro atoms. The number of rotatable bonds is 4. The number of primary amides is 1. The van der Waals surface area contributed by atoms with E-state index in [1.54, 1.807) is 29.2 Å². The van der Waals surface area contributed by atoms with E-state index in [0.717, 1.165) is 0 Å². The van der Waals surface area contributed by atoms with E-state index in [0.29, 0.717) is 18.7 Å². The topological polar surface area (TPSA) is 125 Å². The summed E-state index contributed by atoms with van der Waals surface area (Å²) in [6, 6.07) is 8.09. The number of nitrogens with two attached hydrogens (primary N) is 1. The summed E-state index contributed by atoms with van der Waals surface area (Å²) in [5.74, 6) is -1.32. The maximum Gasteiger partial charge on any atom is 0.325 e. The van der Waals surface area contributed by atoms with Gasteiger partial charge in [0.1, 0.15) is 0 Å². The monoisotopic (exact) mass is 320 g/mol. The smallest absolute Gasteiger partial charge is 0.325 e. The van der Waals surface area contributed by atoms with Gasteiger partial charge in [-0.05, 0) is 31.5 Å². The average molecular weight is 320 g/mol. The molecule has 1 atom stereocenters. The van der Waals surface area contributed by atoms with Gasteiger partial charge < -0.3 is 16.2 Å². The molecule has 4 amide bonds. The first-order valence-corrected chi connectivity index (χ1v) is 7.29. The molecule has 0 aromatic heterocycles. The number of amides is 4. The van der Waals surface area contributed by atoms with Crippen LogP contribution in [-0.2, 0) is 9.59 Å². The number of urea groups is 1. The Morgan fingerprint density at radius 3 is 2.61 bits per heavy atom. The molecule has 1 fully saturated rings. The van der Waals surface area contributed by atoms with Gasteiger partial charge in [-0.25, -0.2) is 4.79 Å². The zero-order chi connectivity index (χ0) is 16.9. The Balaban J connectivity index is 1.82. The molecule has 8 heteroatoms. The largest absolute Gasteiger partial charge is 0.379 e. The van der Waals surface area contributed by atoms with Gasteiger partial charge >= 0.3 is 6.03 Å². The van der Waals surface area contributed by atoms with Gasteiger partial charge in [-0.2, -0.15) is 0 Å². The molecule has 1 aromatic rings. The quantitative estimate of drug-likeness (QED) is 0.603. The summed E-state index contributed by atoms with van der Waals surface area (Å²) in [4.78, 5) is 36.5. The van der Waals surface area contributed by atoms with Gasteiger partial charge in [0, 0.05) is 12.2 Å². The van der Waals surface area contributed by atoms with Crippen LogP contribution in [-0.4, -0.2) is 53.1 Å². The number of benzene rings is 1. The Hall–Kier alpha value is -2.45. The van der Waals surface area contributed by atoms with Crippen LogP contribution in [0.2, 0.25) is 0 Å². The Bertz CT molecular complexity index is 592. The van der Waals surface area contributed by atoms with Gasteiger partial charge in [0.25, 0.3) is 5.91 Å². The van der Waals surface area contributed by atoms with Crippen LogP contribution >= 0.6 is 0 Å². The number of para-hydroxylation sites is 1. The lowest BCUT2D eigenvalue weighted by Gasteiger charge is -2.36. The van der Waals surface area contributed by atoms with Crippen LogP contribution in [0.25, 0.3) is 0 Å². The van der Waals surface area contributed by atoms with Crippen molar-refractivity contribution in [2.75, 3.05) is 25.0 Å². The number of nitrogens with one attached hydrogen (secondary N) is 2. The number of aliphatic hydroxyl groups is 1. The lowest BCUT2D eigenvalue weighted by molar-refractivity contribution is -0.143. The second-order valence-corrected chi connectivity index (χ2v) is 5.58. The molecule has 1 aliphatic rings. The highest BCUT2D eigenvalue weighted by atomic mass is 16.3. The fourth-order valence-corrected chi connectivity index (χ4v) is 2.51. The first-order valence-electron chi connectivity index (χ1n) is 7.29. The van der Waals surface area contributed by atoms with E-state index in [2.05, 4.69) is 10.6 Å². The number of carbonyl (C=O) groups excluding carboxylic acids is 3. The zero-order valence-corrected chi connectivity index (χ0v) is 12.6. The van der Waals surface area contributed by atoms with Crippen LogP contribution < -0.4 is 16.4 Å². The number of hydrogen-bond donors (Lipinski definition) is 4. The van der Waals surface area contributed by atoms with Crippen molar-refractivity contribution in [3.05, 3.63) is 30.3 Å². The Morgan fingerprint density at radius 2 is 1.96 bits per heavy atom. The van der Waals surface area contributed by atoms with E-state index < -0.39 is 23.4 Å². The Kier molecular flexibility index (Phi) is 5.30. The average Bonchev–Trinajstić information content (AvgIpc) is 2.47. The van der Waals surface area contributed by atoms with E-state index in [1.165, 1.54) is 0 Å². The molecule has 5 N–H and O–H groups in total. The van der Waals surface area contributed by atoms with Crippen molar-refractivity contribution in [3.8, 4) is 0 Å². The first kappa shape index (κ1) is 16.9. The normalized spacial score (nSPS) is 21.4. The third-order valence-electron chi connectivity index (χ3n) is 3.66. The molecule has 8 nitrogen and oxygen atoms in total. The summed E-state index contributed by atoms with van der Waals surface area (Å²) >= 11 is 0. The molecule has 1 saturated heterocycles. The molecular weight excluding hydrogens is 300 g/mol. The zero-order valence-electron chi connectivity index (χ0n) is 12.6. The summed E-state index contributed by atoms with van der Waals surface area (Å²) in [6.07, 6.45) is 0.817. The van der Waals surface area contributed by atoms with E-state index in [1.807, 2.05) is 6.07 Å². The highest BCUT2D eigenvalue weighted by Crippen LogP contribution is 2.20. The van der Waals surface area contributed by atoms with Gasteiger partial charge in [-0.3, -0.25) is 19.8 Å². The fraction of sp³-hybridized carbons (Fsp3) is 0.400. The van der Waals surface area contributed by atoms with Crippen LogP contribution in [0.1, 0.15) is 12.8 Å². The molecule has 1 aromatic carbocycles. The molecule has 1 heterocycles. The van der Waals surface area contributed by atoms with Crippen molar-refractivity contribution >= 4 is 23.5 Å². The lowest BCUT2D eigenvalue weighted by atomic mass is 9.92. The molecule has 2 rings (SSSR count). The molecule has 0 bridgehead atoms. The molecule has 23 heavy (non-hydrogen) atoms. The number of piperidine rings is 1. The van der Waals surface area contributed by atoms with Crippen LogP contribution in [0.15, 0.2) is 30.3 Å². The van der Waals surface area contributed by atoms with Crippen molar-refractivity contribution in [2.45, 2.75) is 18.4 Å². The van der Waals surface area contributed by atoms with Crippen LogP contribution in [0.4, 0.5) is 10.5 Å². The molecule has 1 aliphatic heterocycles. The molecule has 124 valence electrons. The van der Waals surface area contributed by atoms with Gasteiger partial charge in [0.2, 0.25) is 5.91 Å². The van der Waals surface area contributed by atoms with Crippen molar-refractivity contribution in [1.82, 2.24) is 10.2 Å². The Labute approximate surface area is 133 Å². The second kappa shape index (κ2) is 7.21. The van der Waals surface area contributed by atoms with Crippen LogP contribution in [0.3, 0.4) is 0 Å². The van der Waals surface area contributed by atoms with E-state index >= 15 is 0 Å². The van der Waals surface area contributed by atoms with Gasteiger partial charge in [-0.1, -0.05) is 18.2 Å². The third kappa shape index (κ3) is 4.76. The maximum atomic E-state index is 11.9. The van der Waals surface area contributed by atoms with E-state index in [4.69, 9.17) is 5.73 Å². The molecule has 0 radical (unpaired) electrons. The predicted molar refractivity (Wildman–Crippen MR) is 83.4 cm³/mol. The summed E-state index contributed by atoms with van der Waals surface area (Å²) in [7, 11) is 0. The number of hydrogen-bond acceptors (Lipinski definition) is 5. The molecular formula is C15H20N4O4. The molecule has 0 aliphatic carbocycles. The fourth-order valence-electron chi connectivity index (χ4n) is 2.51. The summed E-state index contributed by atoms with van der Waals surface area (Å²) < 4.78 is 0.